The minimum absolute atomic E-state index is 0.459. The summed E-state index contributed by atoms with van der Waals surface area (Å²) in [6.45, 7) is 0. The molecule has 0 unspecified atom stereocenters. The van der Waals surface area contributed by atoms with Gasteiger partial charge in [0.05, 0.1) is 6.07 Å². The van der Waals surface area contributed by atoms with E-state index in [1.54, 1.807) is 0 Å². The molecule has 0 aromatic heterocycles. The van der Waals surface area contributed by atoms with E-state index in [0.29, 0.717) is 6.42 Å². The van der Waals surface area contributed by atoms with Crippen molar-refractivity contribution in [2.24, 2.45) is 0 Å². The van der Waals surface area contributed by atoms with E-state index in [4.69, 9.17) is 5.26 Å². The summed E-state index contributed by atoms with van der Waals surface area (Å²) in [5, 5.41) is 8.25. The summed E-state index contributed by atoms with van der Waals surface area (Å²) in [6.07, 6.45) is 0.459. The topological polar surface area (TPSA) is 23.8 Å². The molecule has 1 nitrogen and oxygen atoms in total. The summed E-state index contributed by atoms with van der Waals surface area (Å²) < 4.78 is 0. The van der Waals surface area contributed by atoms with Crippen molar-refractivity contribution < 1.29 is 14.8 Å². The summed E-state index contributed by atoms with van der Waals surface area (Å²) in [5.74, 6) is 0. The predicted octanol–water partition coefficient (Wildman–Crippen LogP) is 2.44. The van der Waals surface area contributed by atoms with Gasteiger partial charge in [0.25, 0.3) is 0 Å². The zero-order valence-corrected chi connectivity index (χ0v) is 11.2. The molecule has 0 aliphatic carbocycles. The van der Waals surface area contributed by atoms with E-state index in [9.17, 15) is 0 Å². The van der Waals surface area contributed by atoms with Crippen LogP contribution in [0.25, 0.3) is 0 Å². The van der Waals surface area contributed by atoms with Crippen molar-refractivity contribution in [3.05, 3.63) is 35.9 Å². The molecule has 11 heavy (non-hydrogen) atoms. The second-order valence-electron chi connectivity index (χ2n) is 1.72. The maximum absolute atomic E-state index is 8.25. The molecule has 52 valence electrons. The van der Waals surface area contributed by atoms with Gasteiger partial charge in [-0.2, -0.15) is 35.6 Å². The first-order valence-electron chi connectivity index (χ1n) is 3.03. The molecule has 0 aliphatic heterocycles. The summed E-state index contributed by atoms with van der Waals surface area (Å²) in [5.41, 5.74) is 0.958. The van der Waals surface area contributed by atoms with Crippen LogP contribution in [0.5, 0.6) is 0 Å². The Kier molecular flexibility index (Phi) is 8.21. The fourth-order valence-electron chi connectivity index (χ4n) is 0.626. The van der Waals surface area contributed by atoms with Crippen LogP contribution in [0.3, 0.4) is 0 Å². The Morgan fingerprint density at radius 1 is 1.55 bits per heavy atom. The molecule has 0 aliphatic rings. The van der Waals surface area contributed by atoms with Crippen LogP contribution in [-0.2, 0) is 21.2 Å². The summed E-state index contributed by atoms with van der Waals surface area (Å²) in [6, 6.07) is 12.5. The molecule has 0 atom stereocenters. The van der Waals surface area contributed by atoms with Gasteiger partial charge >= 0.3 is 34.5 Å². The Morgan fingerprint density at radius 3 is 2.73 bits per heavy atom. The molecule has 1 rings (SSSR count). The molecule has 0 amide bonds. The first kappa shape index (κ1) is 11.1. The molecule has 0 saturated carbocycles. The van der Waals surface area contributed by atoms with Crippen molar-refractivity contribution in [1.29, 1.82) is 5.26 Å². The molecular formula is C8H6INZn. The molecule has 1 aromatic carbocycles. The van der Waals surface area contributed by atoms with Gasteiger partial charge in [0.2, 0.25) is 0 Å². The normalized spacial score (nSPS) is 7.45. The van der Waals surface area contributed by atoms with Crippen molar-refractivity contribution in [3.63, 3.8) is 0 Å². The van der Waals surface area contributed by atoms with Crippen molar-refractivity contribution >= 4 is 19.8 Å². The number of benzene rings is 1. The van der Waals surface area contributed by atoms with Gasteiger partial charge in [0.1, 0.15) is 0 Å². The molecular weight excluding hydrogens is 302 g/mol. The molecule has 0 radical (unpaired) electrons. The number of hydrogen-bond acceptors (Lipinski definition) is 1. The van der Waals surface area contributed by atoms with Gasteiger partial charge in [-0.3, -0.25) is 0 Å². The van der Waals surface area contributed by atoms with Gasteiger partial charge in [0.15, 0.2) is 0 Å². The predicted molar refractivity (Wildman–Crippen MR) is 48.6 cm³/mol. The van der Waals surface area contributed by atoms with Crippen LogP contribution in [0.15, 0.2) is 24.3 Å². The van der Waals surface area contributed by atoms with E-state index >= 15 is 0 Å². The molecule has 1 aromatic rings. The quantitative estimate of drug-likeness (QED) is 0.444. The van der Waals surface area contributed by atoms with Crippen LogP contribution in [0.2, 0.25) is 0 Å². The van der Waals surface area contributed by atoms with E-state index in [1.807, 2.05) is 24.3 Å². The van der Waals surface area contributed by atoms with E-state index in [2.05, 4.69) is 31.9 Å². The van der Waals surface area contributed by atoms with Gasteiger partial charge < -0.3 is 0 Å². The third-order valence-electron chi connectivity index (χ3n) is 1.04. The molecule has 0 bridgehead atoms. The van der Waals surface area contributed by atoms with Crippen LogP contribution in [0.1, 0.15) is 5.56 Å². The van der Waals surface area contributed by atoms with Crippen LogP contribution >= 0.6 is 19.8 Å². The van der Waals surface area contributed by atoms with Crippen molar-refractivity contribution in [3.8, 4) is 6.07 Å². The van der Waals surface area contributed by atoms with Gasteiger partial charge in [-0.15, -0.1) is 5.56 Å². The Morgan fingerprint density at radius 2 is 2.27 bits per heavy atom. The minimum atomic E-state index is 0.459. The van der Waals surface area contributed by atoms with Gasteiger partial charge in [-0.1, -0.05) is 0 Å². The molecule has 0 fully saturated rings. The Bertz CT molecular complexity index is 217. The number of nitrogens with zero attached hydrogens (tertiary/aromatic N) is 1. The third kappa shape index (κ3) is 5.35. The zero-order chi connectivity index (χ0) is 8.53. The number of nitriles is 1. The van der Waals surface area contributed by atoms with Crippen molar-refractivity contribution in [2.75, 3.05) is 0 Å². The summed E-state index contributed by atoms with van der Waals surface area (Å²) in [7, 11) is 0. The molecule has 0 saturated heterocycles. The van der Waals surface area contributed by atoms with Crippen LogP contribution in [0.4, 0.5) is 0 Å². The van der Waals surface area contributed by atoms with Gasteiger partial charge in [0, 0.05) is 6.42 Å². The second-order valence-corrected chi connectivity index (χ2v) is 1.72. The molecule has 3 heteroatoms. The second kappa shape index (κ2) is 8.16. The monoisotopic (exact) mass is 307 g/mol. The first-order chi connectivity index (χ1) is 5.43. The molecule has 0 heterocycles. The standard InChI is InChI=1S/C8H6N.HI.Zn/c9-7-6-8-4-2-1-3-5-8;;/h1-4H,6H2;1H;/q-1;;+2/p-1. The average molecular weight is 308 g/mol. The van der Waals surface area contributed by atoms with Crippen LogP contribution in [-0.4, -0.2) is 0 Å². The Labute approximate surface area is 87.7 Å². The summed E-state index contributed by atoms with van der Waals surface area (Å²) >= 11 is 3.62. The number of halogens is 1. The van der Waals surface area contributed by atoms with Gasteiger partial charge in [-0.05, 0) is 0 Å². The zero-order valence-electron chi connectivity index (χ0n) is 6.05. The van der Waals surface area contributed by atoms with Gasteiger partial charge in [-0.25, -0.2) is 0 Å². The van der Waals surface area contributed by atoms with E-state index in [1.165, 1.54) is 14.8 Å². The molecule has 0 spiro atoms. The number of hydrogen-bond donors (Lipinski definition) is 0. The van der Waals surface area contributed by atoms with Crippen LogP contribution in [0, 0.1) is 17.4 Å². The third-order valence-corrected chi connectivity index (χ3v) is 1.04. The van der Waals surface area contributed by atoms with Crippen molar-refractivity contribution in [2.45, 2.75) is 6.42 Å². The SMILES string of the molecule is N#CCc1[c-]cccc1.[Zn+][I]. The molecule has 0 N–H and O–H groups in total. The average Bonchev–Trinajstić information content (AvgIpc) is 2.11. The fourth-order valence-corrected chi connectivity index (χ4v) is 0.626. The number of rotatable bonds is 1. The fraction of sp³-hybridized carbons (Fsp3) is 0.125. The van der Waals surface area contributed by atoms with Crippen molar-refractivity contribution in [1.82, 2.24) is 0 Å². The first-order valence-corrected chi connectivity index (χ1v) is 12.1. The Balaban J connectivity index is 0.000000461. The maximum atomic E-state index is 8.25. The van der Waals surface area contributed by atoms with E-state index < -0.39 is 0 Å². The van der Waals surface area contributed by atoms with Crippen LogP contribution < -0.4 is 0 Å². The van der Waals surface area contributed by atoms with E-state index in [-0.39, 0.29) is 0 Å². The Hall–Kier alpha value is 0.0634. The van der Waals surface area contributed by atoms with E-state index in [0.717, 1.165) is 5.56 Å². The summed E-state index contributed by atoms with van der Waals surface area (Å²) in [4.78, 5) is 0.